The molecule has 4 saturated carbocycles. The van der Waals surface area contributed by atoms with Crippen LogP contribution in [0.3, 0.4) is 0 Å². The number of carbonyl (C=O) groups is 1. The fourth-order valence-corrected chi connectivity index (χ4v) is 5.41. The third kappa shape index (κ3) is 4.55. The molecule has 0 radical (unpaired) electrons. The van der Waals surface area contributed by atoms with Crippen LogP contribution in [0.5, 0.6) is 0 Å². The molecule has 0 unspecified atom stereocenters. The molecule has 1 amide bonds. The molecule has 0 spiro atoms. The topological polar surface area (TPSA) is 118 Å². The smallest absolute Gasteiger partial charge is 0.443 e. The van der Waals surface area contributed by atoms with Crippen LogP contribution >= 0.6 is 0 Å². The minimum Gasteiger partial charge on any atom is -0.443 e. The zero-order valence-corrected chi connectivity index (χ0v) is 19.2. The first-order valence-corrected chi connectivity index (χ1v) is 11.8. The Morgan fingerprint density at radius 3 is 2.76 bits per heavy atom. The van der Waals surface area contributed by atoms with Crippen molar-refractivity contribution in [3.8, 4) is 0 Å². The maximum Gasteiger partial charge on any atom is 0.522 e. The maximum absolute atomic E-state index is 15.2. The van der Waals surface area contributed by atoms with Gasteiger partial charge in [-0.2, -0.15) is 5.10 Å². The molecule has 3 atom stereocenters. The minimum absolute atomic E-state index is 0.0231. The molecule has 198 valence electrons. The van der Waals surface area contributed by atoms with Crippen molar-refractivity contribution in [3.63, 3.8) is 0 Å². The number of alkyl halides is 4. The second-order valence-corrected chi connectivity index (χ2v) is 9.88. The fraction of sp³-hybridized carbons (Fsp3) is 0.545. The van der Waals surface area contributed by atoms with E-state index >= 15 is 4.39 Å². The number of halogens is 5. The highest BCUT2D eigenvalue weighted by Gasteiger charge is 2.58. The van der Waals surface area contributed by atoms with Crippen molar-refractivity contribution in [2.45, 2.75) is 68.8 Å². The van der Waals surface area contributed by atoms with Gasteiger partial charge in [-0.25, -0.2) is 23.5 Å². The molecule has 15 heteroatoms. The molecule has 4 fully saturated rings. The standard InChI is InChI=1S/C22H22F5N7O3/c23-13-7-28-19(34-8-11(29-18(13)34)9-36-22(25,26)27)30-16-3-14(32-33-16)12-1-2-15(17(12)24)37-20(35)31-21-4-10(5-21)6-21/h3,7-8,10,12,15,17H,1-2,4-6,9H2,(H,31,35)(H2,28,30,32,33)/t10?,12-,15-,17+,21?/m0/s1. The van der Waals surface area contributed by atoms with Crippen LogP contribution in [0.15, 0.2) is 18.5 Å². The number of amides is 1. The van der Waals surface area contributed by atoms with Crippen LogP contribution in [-0.4, -0.2) is 54.8 Å². The second kappa shape index (κ2) is 8.53. The van der Waals surface area contributed by atoms with Crippen LogP contribution in [0.25, 0.3) is 5.65 Å². The van der Waals surface area contributed by atoms with E-state index in [1.807, 2.05) is 0 Å². The summed E-state index contributed by atoms with van der Waals surface area (Å²) >= 11 is 0. The number of carbonyl (C=O) groups excluding carboxylic acids is 1. The molecule has 3 N–H and O–H groups in total. The van der Waals surface area contributed by atoms with E-state index in [9.17, 15) is 22.4 Å². The number of alkyl carbamates (subject to hydrolysis) is 1. The average Bonchev–Trinajstić information content (AvgIpc) is 3.50. The number of nitrogens with one attached hydrogen (secondary N) is 3. The summed E-state index contributed by atoms with van der Waals surface area (Å²) in [6.07, 6.45) is -2.11. The Hall–Kier alpha value is -3.49. The number of fused-ring (bicyclic) bond motifs is 1. The average molecular weight is 527 g/mol. The van der Waals surface area contributed by atoms with E-state index in [2.05, 4.69) is 35.5 Å². The van der Waals surface area contributed by atoms with Crippen molar-refractivity contribution in [1.29, 1.82) is 0 Å². The summed E-state index contributed by atoms with van der Waals surface area (Å²) in [5.41, 5.74) is -0.114. The highest BCUT2D eigenvalue weighted by molar-refractivity contribution is 5.69. The Morgan fingerprint density at radius 2 is 2.05 bits per heavy atom. The first-order chi connectivity index (χ1) is 17.6. The normalized spacial score (nSPS) is 28.6. The second-order valence-electron chi connectivity index (χ2n) is 9.88. The fourth-order valence-electron chi connectivity index (χ4n) is 5.41. The summed E-state index contributed by atoms with van der Waals surface area (Å²) in [4.78, 5) is 20.0. The van der Waals surface area contributed by atoms with Gasteiger partial charge in [0.15, 0.2) is 17.3 Å². The van der Waals surface area contributed by atoms with Gasteiger partial charge >= 0.3 is 12.5 Å². The number of ether oxygens (including phenoxy) is 2. The molecule has 37 heavy (non-hydrogen) atoms. The number of aromatic nitrogens is 5. The molecule has 0 aliphatic heterocycles. The zero-order chi connectivity index (χ0) is 25.9. The summed E-state index contributed by atoms with van der Waals surface area (Å²) < 4.78 is 76.6. The predicted octanol–water partition coefficient (Wildman–Crippen LogP) is 4.23. The van der Waals surface area contributed by atoms with Crippen molar-refractivity contribution >= 4 is 23.5 Å². The molecule has 3 aromatic rings. The van der Waals surface area contributed by atoms with Crippen molar-refractivity contribution in [1.82, 2.24) is 29.9 Å². The number of imidazole rings is 1. The SMILES string of the molecule is O=C(NC12CC(C1)C2)O[C@H]1CC[C@@H](c2cc(Nc3ncc(F)c4nc(COC(F)(F)F)cn34)n[nH]2)[C@H]1F. The summed E-state index contributed by atoms with van der Waals surface area (Å²) in [5, 5.41) is 12.5. The van der Waals surface area contributed by atoms with E-state index in [1.165, 1.54) is 0 Å². The number of hydrogen-bond acceptors (Lipinski definition) is 7. The van der Waals surface area contributed by atoms with Gasteiger partial charge < -0.3 is 15.4 Å². The number of anilines is 2. The van der Waals surface area contributed by atoms with Crippen LogP contribution in [0.2, 0.25) is 0 Å². The molecule has 4 aliphatic rings. The molecule has 3 heterocycles. The van der Waals surface area contributed by atoms with E-state index < -0.39 is 43.1 Å². The van der Waals surface area contributed by atoms with Gasteiger partial charge in [-0.1, -0.05) is 0 Å². The largest absolute Gasteiger partial charge is 0.522 e. The summed E-state index contributed by atoms with van der Waals surface area (Å²) in [5.74, 6) is -0.503. The summed E-state index contributed by atoms with van der Waals surface area (Å²) in [6.45, 7) is -0.904. The van der Waals surface area contributed by atoms with Crippen molar-refractivity contribution in [2.24, 2.45) is 5.92 Å². The first kappa shape index (κ1) is 23.9. The summed E-state index contributed by atoms with van der Waals surface area (Å²) in [7, 11) is 0. The zero-order valence-electron chi connectivity index (χ0n) is 19.2. The highest BCUT2D eigenvalue weighted by atomic mass is 19.4. The molecule has 2 bridgehead atoms. The molecular formula is C22H22F5N7O3. The van der Waals surface area contributed by atoms with Gasteiger partial charge in [0, 0.05) is 29.4 Å². The lowest BCUT2D eigenvalue weighted by atomic mass is 9.50. The third-order valence-electron chi connectivity index (χ3n) is 7.28. The molecular weight excluding hydrogens is 505 g/mol. The van der Waals surface area contributed by atoms with E-state index in [4.69, 9.17) is 4.74 Å². The van der Waals surface area contributed by atoms with Gasteiger partial charge in [0.05, 0.1) is 18.5 Å². The van der Waals surface area contributed by atoms with Gasteiger partial charge in [0.25, 0.3) is 0 Å². The van der Waals surface area contributed by atoms with Gasteiger partial charge in [0.1, 0.15) is 12.3 Å². The molecule has 7 rings (SSSR count). The number of rotatable bonds is 7. The Kier molecular flexibility index (Phi) is 5.51. The van der Waals surface area contributed by atoms with Gasteiger partial charge in [0.2, 0.25) is 5.95 Å². The number of hydrogen-bond donors (Lipinski definition) is 3. The van der Waals surface area contributed by atoms with Crippen LogP contribution < -0.4 is 10.6 Å². The first-order valence-electron chi connectivity index (χ1n) is 11.8. The summed E-state index contributed by atoms with van der Waals surface area (Å²) in [6, 6.07) is 1.54. The Balaban J connectivity index is 1.11. The quantitative estimate of drug-likeness (QED) is 0.394. The van der Waals surface area contributed by atoms with Gasteiger partial charge in [-0.05, 0) is 38.0 Å². The van der Waals surface area contributed by atoms with Crippen LogP contribution in [0, 0.1) is 11.7 Å². The molecule has 3 aromatic heterocycles. The van der Waals surface area contributed by atoms with Gasteiger partial charge in [-0.15, -0.1) is 13.2 Å². The van der Waals surface area contributed by atoms with E-state index in [0.717, 1.165) is 36.1 Å². The lowest BCUT2D eigenvalue weighted by Gasteiger charge is -2.61. The number of nitrogens with zero attached hydrogens (tertiary/aromatic N) is 4. The Morgan fingerprint density at radius 1 is 1.27 bits per heavy atom. The van der Waals surface area contributed by atoms with Gasteiger partial charge in [-0.3, -0.25) is 14.2 Å². The minimum atomic E-state index is -4.86. The Labute approximate surface area is 205 Å². The van der Waals surface area contributed by atoms with Crippen molar-refractivity contribution in [3.05, 3.63) is 35.7 Å². The lowest BCUT2D eigenvalue weighted by Crippen LogP contribution is -2.68. The Bertz CT molecular complexity index is 1320. The molecule has 0 saturated heterocycles. The molecule has 10 nitrogen and oxygen atoms in total. The maximum atomic E-state index is 15.2. The highest BCUT2D eigenvalue weighted by Crippen LogP contribution is 2.57. The van der Waals surface area contributed by atoms with E-state index in [0.29, 0.717) is 24.5 Å². The number of H-pyrrole nitrogens is 1. The number of aromatic amines is 1. The van der Waals surface area contributed by atoms with Crippen molar-refractivity contribution < 1.29 is 36.2 Å². The van der Waals surface area contributed by atoms with E-state index in [1.54, 1.807) is 6.07 Å². The van der Waals surface area contributed by atoms with E-state index in [-0.39, 0.29) is 28.6 Å². The van der Waals surface area contributed by atoms with Crippen LogP contribution in [0.1, 0.15) is 49.4 Å². The van der Waals surface area contributed by atoms with Crippen LogP contribution in [0.4, 0.5) is 38.5 Å². The predicted molar refractivity (Wildman–Crippen MR) is 116 cm³/mol. The van der Waals surface area contributed by atoms with Crippen LogP contribution in [-0.2, 0) is 16.1 Å². The molecule has 4 aliphatic carbocycles. The third-order valence-corrected chi connectivity index (χ3v) is 7.28. The molecule has 0 aromatic carbocycles. The van der Waals surface area contributed by atoms with Crippen molar-refractivity contribution in [2.75, 3.05) is 5.32 Å². The lowest BCUT2D eigenvalue weighted by molar-refractivity contribution is -0.330. The monoisotopic (exact) mass is 527 g/mol.